The van der Waals surface area contributed by atoms with Gasteiger partial charge < -0.3 is 14.4 Å². The number of amides is 1. The number of aryl methyl sites for hydroxylation is 2. The van der Waals surface area contributed by atoms with Crippen LogP contribution in [0.1, 0.15) is 51.2 Å². The first-order valence-electron chi connectivity index (χ1n) is 10.9. The van der Waals surface area contributed by atoms with Crippen LogP contribution in [0.2, 0.25) is 0 Å². The van der Waals surface area contributed by atoms with E-state index >= 15 is 0 Å². The molecule has 0 bridgehead atoms. The maximum atomic E-state index is 13.3. The van der Waals surface area contributed by atoms with Crippen molar-refractivity contribution < 1.29 is 19.1 Å². The van der Waals surface area contributed by atoms with Gasteiger partial charge in [-0.3, -0.25) is 14.6 Å². The van der Waals surface area contributed by atoms with Crippen LogP contribution in [0.3, 0.4) is 0 Å². The fourth-order valence-electron chi connectivity index (χ4n) is 4.78. The van der Waals surface area contributed by atoms with Gasteiger partial charge in [-0.1, -0.05) is 11.6 Å². The van der Waals surface area contributed by atoms with Crippen LogP contribution in [0, 0.1) is 13.8 Å². The van der Waals surface area contributed by atoms with Crippen LogP contribution in [0.15, 0.2) is 42.5 Å². The monoisotopic (exact) mass is 430 g/mol. The highest BCUT2D eigenvalue weighted by atomic mass is 16.5. The molecule has 1 fully saturated rings. The zero-order valence-corrected chi connectivity index (χ0v) is 18.6. The van der Waals surface area contributed by atoms with Crippen molar-refractivity contribution in [2.24, 2.45) is 0 Å². The third-order valence-corrected chi connectivity index (χ3v) is 6.65. The molecule has 0 aliphatic carbocycles. The molecule has 6 heteroatoms. The highest BCUT2D eigenvalue weighted by Gasteiger charge is 2.44. The number of pyridine rings is 1. The van der Waals surface area contributed by atoms with Crippen molar-refractivity contribution in [3.63, 3.8) is 0 Å². The number of carbonyl (C=O) groups is 2. The number of benzene rings is 2. The number of methoxy groups -OCH3 is 1. The summed E-state index contributed by atoms with van der Waals surface area (Å²) >= 11 is 0. The lowest BCUT2D eigenvalue weighted by Gasteiger charge is -2.44. The van der Waals surface area contributed by atoms with E-state index in [-0.39, 0.29) is 11.7 Å². The quantitative estimate of drug-likeness (QED) is 0.599. The number of ketones is 1. The number of likely N-dealkylation sites (tertiary alicyclic amines) is 1. The molecular weight excluding hydrogens is 404 g/mol. The van der Waals surface area contributed by atoms with E-state index in [9.17, 15) is 9.59 Å². The second kappa shape index (κ2) is 7.62. The van der Waals surface area contributed by atoms with Gasteiger partial charge in [0.1, 0.15) is 17.1 Å². The lowest BCUT2D eigenvalue weighted by atomic mass is 9.82. The van der Waals surface area contributed by atoms with Crippen molar-refractivity contribution in [2.45, 2.75) is 38.7 Å². The minimum Gasteiger partial charge on any atom is -0.497 e. The summed E-state index contributed by atoms with van der Waals surface area (Å²) in [6.45, 7) is 4.99. The Bertz CT molecular complexity index is 1240. The summed E-state index contributed by atoms with van der Waals surface area (Å²) in [4.78, 5) is 32.6. The first kappa shape index (κ1) is 20.5. The molecule has 164 valence electrons. The summed E-state index contributed by atoms with van der Waals surface area (Å²) in [6, 6.07) is 13.3. The number of hydrogen-bond donors (Lipinski definition) is 0. The van der Waals surface area contributed by atoms with Crippen LogP contribution in [0.5, 0.6) is 11.5 Å². The van der Waals surface area contributed by atoms with Crippen LogP contribution < -0.4 is 9.47 Å². The third kappa shape index (κ3) is 3.49. The van der Waals surface area contributed by atoms with Gasteiger partial charge in [0.05, 0.1) is 35.9 Å². The first-order valence-corrected chi connectivity index (χ1v) is 10.9. The highest BCUT2D eigenvalue weighted by molar-refractivity contribution is 6.01. The van der Waals surface area contributed by atoms with E-state index in [4.69, 9.17) is 9.47 Å². The van der Waals surface area contributed by atoms with Crippen molar-refractivity contribution in [1.29, 1.82) is 0 Å². The lowest BCUT2D eigenvalue weighted by molar-refractivity contribution is -0.00582. The number of aromatic nitrogens is 1. The van der Waals surface area contributed by atoms with E-state index in [0.717, 1.165) is 22.2 Å². The number of hydrogen-bond acceptors (Lipinski definition) is 5. The predicted molar refractivity (Wildman–Crippen MR) is 122 cm³/mol. The topological polar surface area (TPSA) is 68.7 Å². The number of Topliss-reactive ketones (excluding diaryl/α,β-unsaturated/α-hetero) is 1. The molecule has 2 aliphatic rings. The average Bonchev–Trinajstić information content (AvgIpc) is 2.78. The molecule has 0 radical (unpaired) electrons. The Hall–Kier alpha value is -3.41. The Morgan fingerprint density at radius 3 is 2.62 bits per heavy atom. The Balaban J connectivity index is 1.35. The van der Waals surface area contributed by atoms with E-state index in [0.29, 0.717) is 55.0 Å². The van der Waals surface area contributed by atoms with Crippen LogP contribution in [0.4, 0.5) is 0 Å². The molecule has 2 aromatic carbocycles. The van der Waals surface area contributed by atoms with E-state index < -0.39 is 5.60 Å². The van der Waals surface area contributed by atoms with Crippen LogP contribution >= 0.6 is 0 Å². The molecule has 32 heavy (non-hydrogen) atoms. The SMILES string of the molecule is COc1ccc2c(c1)OC1(CCN(C(=O)c3cc4cc(C)ccc4nc3C)CC1)CC2=O. The van der Waals surface area contributed by atoms with Gasteiger partial charge in [-0.05, 0) is 44.2 Å². The molecule has 0 atom stereocenters. The Kier molecular flexibility index (Phi) is 4.88. The summed E-state index contributed by atoms with van der Waals surface area (Å²) < 4.78 is 11.6. The van der Waals surface area contributed by atoms with E-state index in [1.807, 2.05) is 36.9 Å². The smallest absolute Gasteiger partial charge is 0.255 e. The second-order valence-corrected chi connectivity index (χ2v) is 8.86. The van der Waals surface area contributed by atoms with Gasteiger partial charge in [-0.25, -0.2) is 0 Å². The molecule has 1 amide bonds. The predicted octanol–water partition coefficient (Wildman–Crippen LogP) is 4.50. The summed E-state index contributed by atoms with van der Waals surface area (Å²) in [5, 5.41) is 0.971. The van der Waals surface area contributed by atoms with Crippen molar-refractivity contribution in [2.75, 3.05) is 20.2 Å². The van der Waals surface area contributed by atoms with Gasteiger partial charge >= 0.3 is 0 Å². The molecule has 0 saturated carbocycles. The van der Waals surface area contributed by atoms with Gasteiger partial charge in [0.15, 0.2) is 5.78 Å². The van der Waals surface area contributed by atoms with Crippen LogP contribution in [-0.4, -0.2) is 47.4 Å². The molecule has 0 unspecified atom stereocenters. The van der Waals surface area contributed by atoms with Gasteiger partial charge in [-0.2, -0.15) is 0 Å². The maximum absolute atomic E-state index is 13.3. The van der Waals surface area contributed by atoms with Gasteiger partial charge in [0.2, 0.25) is 0 Å². The molecule has 3 aromatic rings. The standard InChI is InChI=1S/C26H26N2O4/c1-16-4-7-22-18(12-16)13-21(17(2)27-22)25(30)28-10-8-26(9-11-28)15-23(29)20-6-5-19(31-3)14-24(20)32-26/h4-7,12-14H,8-11,15H2,1-3H3. The van der Waals surface area contributed by atoms with Gasteiger partial charge in [0, 0.05) is 37.4 Å². The summed E-state index contributed by atoms with van der Waals surface area (Å²) in [5.74, 6) is 1.30. The summed E-state index contributed by atoms with van der Waals surface area (Å²) in [5.41, 5.74) is 3.43. The van der Waals surface area contributed by atoms with Crippen molar-refractivity contribution >= 4 is 22.6 Å². The molecule has 1 saturated heterocycles. The molecular formula is C26H26N2O4. The first-order chi connectivity index (χ1) is 15.4. The number of rotatable bonds is 2. The van der Waals surface area contributed by atoms with Crippen molar-refractivity contribution in [1.82, 2.24) is 9.88 Å². The second-order valence-electron chi connectivity index (χ2n) is 8.86. The minimum absolute atomic E-state index is 0.0162. The number of nitrogens with zero attached hydrogens (tertiary/aromatic N) is 2. The molecule has 1 aromatic heterocycles. The zero-order valence-electron chi connectivity index (χ0n) is 18.6. The molecule has 5 rings (SSSR count). The normalized spacial score (nSPS) is 17.2. The minimum atomic E-state index is -0.568. The van der Waals surface area contributed by atoms with E-state index in [1.54, 1.807) is 25.3 Å². The fourth-order valence-corrected chi connectivity index (χ4v) is 4.78. The van der Waals surface area contributed by atoms with Crippen LogP contribution in [0.25, 0.3) is 10.9 Å². The van der Waals surface area contributed by atoms with Crippen molar-refractivity contribution in [3.05, 3.63) is 64.8 Å². The zero-order chi connectivity index (χ0) is 22.5. The number of fused-ring (bicyclic) bond motifs is 2. The molecule has 0 N–H and O–H groups in total. The molecule has 2 aliphatic heterocycles. The Morgan fingerprint density at radius 1 is 1.09 bits per heavy atom. The Morgan fingerprint density at radius 2 is 1.88 bits per heavy atom. The van der Waals surface area contributed by atoms with Crippen molar-refractivity contribution in [3.8, 4) is 11.5 Å². The highest BCUT2D eigenvalue weighted by Crippen LogP contribution is 2.41. The fraction of sp³-hybridized carbons (Fsp3) is 0.346. The third-order valence-electron chi connectivity index (χ3n) is 6.65. The number of carbonyl (C=O) groups excluding carboxylic acids is 2. The summed E-state index contributed by atoms with van der Waals surface area (Å²) in [6.07, 6.45) is 1.56. The maximum Gasteiger partial charge on any atom is 0.255 e. The Labute approximate surface area is 187 Å². The summed E-state index contributed by atoms with van der Waals surface area (Å²) in [7, 11) is 1.59. The van der Waals surface area contributed by atoms with Gasteiger partial charge in [0.25, 0.3) is 5.91 Å². The van der Waals surface area contributed by atoms with Gasteiger partial charge in [-0.15, -0.1) is 0 Å². The molecule has 1 spiro atoms. The largest absolute Gasteiger partial charge is 0.497 e. The van der Waals surface area contributed by atoms with E-state index in [2.05, 4.69) is 11.1 Å². The number of ether oxygens (including phenoxy) is 2. The van der Waals surface area contributed by atoms with Crippen LogP contribution in [-0.2, 0) is 0 Å². The molecule has 6 nitrogen and oxygen atoms in total. The average molecular weight is 431 g/mol. The van der Waals surface area contributed by atoms with E-state index in [1.165, 1.54) is 0 Å². The lowest BCUT2D eigenvalue weighted by Crippen LogP contribution is -2.52. The molecule has 3 heterocycles. The number of piperidine rings is 1.